The molecule has 0 saturated carbocycles. The van der Waals surface area contributed by atoms with E-state index < -0.39 is 0 Å². The van der Waals surface area contributed by atoms with Crippen LogP contribution in [0.1, 0.15) is 48.8 Å². The van der Waals surface area contributed by atoms with Gasteiger partial charge in [0.1, 0.15) is 0 Å². The third-order valence-electron chi connectivity index (χ3n) is 2.71. The number of aromatic nitrogens is 2. The lowest BCUT2D eigenvalue weighted by Gasteiger charge is -2.02. The zero-order valence-corrected chi connectivity index (χ0v) is 13.9. The third kappa shape index (κ3) is 7.09. The molecule has 0 spiro atoms. The van der Waals surface area contributed by atoms with Crippen molar-refractivity contribution < 1.29 is 4.79 Å². The van der Waals surface area contributed by atoms with Gasteiger partial charge < -0.3 is 10.6 Å². The first-order chi connectivity index (χ1) is 9.77. The Morgan fingerprint density at radius 1 is 1.20 bits per heavy atom. The van der Waals surface area contributed by atoms with Crippen molar-refractivity contribution in [2.24, 2.45) is 0 Å². The number of carbonyl (C=O) groups is 1. The molecule has 1 aromatic heterocycles. The molecule has 0 atom stereocenters. The average molecular weight is 316 g/mol. The molecule has 0 aliphatic heterocycles. The zero-order chi connectivity index (χ0) is 14.6. The predicted molar refractivity (Wildman–Crippen MR) is 87.9 cm³/mol. The molecule has 1 heterocycles. The second-order valence-corrected chi connectivity index (χ2v) is 6.47. The van der Waals surface area contributed by atoms with E-state index in [2.05, 4.69) is 34.0 Å². The van der Waals surface area contributed by atoms with Gasteiger partial charge in [0.25, 0.3) is 5.91 Å². The van der Waals surface area contributed by atoms with Crippen LogP contribution in [0.3, 0.4) is 0 Å². The van der Waals surface area contributed by atoms with Gasteiger partial charge in [-0.2, -0.15) is 11.8 Å². The Labute approximate surface area is 129 Å². The fraction of sp³-hybridized carbons (Fsp3) is 0.769. The molecule has 114 valence electrons. The number of amides is 1. The number of anilines is 1. The van der Waals surface area contributed by atoms with Crippen LogP contribution in [0.15, 0.2) is 0 Å². The smallest absolute Gasteiger partial charge is 0.282 e. The summed E-state index contributed by atoms with van der Waals surface area (Å²) in [6, 6.07) is 0. The number of hydrogen-bond donors (Lipinski definition) is 2. The molecule has 2 N–H and O–H groups in total. The van der Waals surface area contributed by atoms with Crippen molar-refractivity contribution in [2.45, 2.75) is 39.0 Å². The number of carbonyl (C=O) groups excluding carboxylic acids is 1. The summed E-state index contributed by atoms with van der Waals surface area (Å²) in [7, 11) is 0. The van der Waals surface area contributed by atoms with E-state index in [1.54, 1.807) is 0 Å². The first-order valence-electron chi connectivity index (χ1n) is 7.12. The Morgan fingerprint density at radius 2 is 2.00 bits per heavy atom. The van der Waals surface area contributed by atoms with Crippen LogP contribution in [0.25, 0.3) is 0 Å². The summed E-state index contributed by atoms with van der Waals surface area (Å²) in [5.74, 6) is 1.11. The van der Waals surface area contributed by atoms with Gasteiger partial charge in [-0.15, -0.1) is 10.2 Å². The second kappa shape index (κ2) is 10.9. The first-order valence-corrected chi connectivity index (χ1v) is 9.33. The van der Waals surface area contributed by atoms with Crippen LogP contribution in [0.2, 0.25) is 0 Å². The van der Waals surface area contributed by atoms with Gasteiger partial charge in [-0.1, -0.05) is 31.1 Å². The summed E-state index contributed by atoms with van der Waals surface area (Å²) in [6.07, 6.45) is 7.85. The second-order valence-electron chi connectivity index (χ2n) is 4.50. The van der Waals surface area contributed by atoms with E-state index in [0.29, 0.717) is 10.1 Å². The monoisotopic (exact) mass is 316 g/mol. The Balaban J connectivity index is 2.14. The maximum Gasteiger partial charge on any atom is 0.282 e. The fourth-order valence-electron chi connectivity index (χ4n) is 1.62. The average Bonchev–Trinajstić information content (AvgIpc) is 2.93. The highest BCUT2D eigenvalue weighted by molar-refractivity contribution is 7.98. The van der Waals surface area contributed by atoms with Crippen molar-refractivity contribution in [3.05, 3.63) is 5.01 Å². The highest BCUT2D eigenvalue weighted by atomic mass is 32.2. The van der Waals surface area contributed by atoms with Gasteiger partial charge in [-0.05, 0) is 31.3 Å². The van der Waals surface area contributed by atoms with Crippen molar-refractivity contribution in [1.82, 2.24) is 15.5 Å². The Hall–Kier alpha value is -0.820. The molecular weight excluding hydrogens is 292 g/mol. The molecule has 20 heavy (non-hydrogen) atoms. The predicted octanol–water partition coefficient (Wildman–Crippen LogP) is 3.01. The number of unbranched alkanes of at least 4 members (excludes halogenated alkanes) is 3. The number of hydrogen-bond acceptors (Lipinski definition) is 6. The van der Waals surface area contributed by atoms with E-state index in [0.717, 1.165) is 25.9 Å². The van der Waals surface area contributed by atoms with Crippen LogP contribution < -0.4 is 10.6 Å². The van der Waals surface area contributed by atoms with E-state index in [9.17, 15) is 4.79 Å². The van der Waals surface area contributed by atoms with Crippen LogP contribution in [-0.4, -0.2) is 41.2 Å². The Kier molecular flexibility index (Phi) is 9.40. The fourth-order valence-corrected chi connectivity index (χ4v) is 2.80. The van der Waals surface area contributed by atoms with Gasteiger partial charge in [-0.3, -0.25) is 4.79 Å². The summed E-state index contributed by atoms with van der Waals surface area (Å²) in [6.45, 7) is 3.66. The van der Waals surface area contributed by atoms with Crippen molar-refractivity contribution in [2.75, 3.05) is 30.4 Å². The van der Waals surface area contributed by atoms with E-state index in [1.165, 1.54) is 36.4 Å². The molecule has 0 fully saturated rings. The Bertz CT molecular complexity index is 384. The molecule has 0 unspecified atom stereocenters. The lowest BCUT2D eigenvalue weighted by atomic mass is 10.2. The largest absolute Gasteiger partial charge is 0.360 e. The summed E-state index contributed by atoms with van der Waals surface area (Å²) in [4.78, 5) is 11.8. The van der Waals surface area contributed by atoms with Crippen molar-refractivity contribution in [3.8, 4) is 0 Å². The quantitative estimate of drug-likeness (QED) is 0.614. The number of thioether (sulfide) groups is 1. The van der Waals surface area contributed by atoms with Crippen molar-refractivity contribution in [1.29, 1.82) is 0 Å². The van der Waals surface area contributed by atoms with Crippen LogP contribution in [0, 0.1) is 0 Å². The lowest BCUT2D eigenvalue weighted by molar-refractivity contribution is 0.0952. The SMILES string of the molecule is CCCNc1nnc(C(=O)NCCCCCCSC)s1. The molecule has 0 aromatic carbocycles. The topological polar surface area (TPSA) is 66.9 Å². The molecule has 0 aliphatic rings. The molecular formula is C13H24N4OS2. The molecule has 0 radical (unpaired) electrons. The van der Waals surface area contributed by atoms with E-state index in [1.807, 2.05) is 11.8 Å². The standard InChI is InChI=1S/C13H24N4OS2/c1-3-8-15-13-17-16-12(20-13)11(18)14-9-6-4-5-7-10-19-2/h3-10H2,1-2H3,(H,14,18)(H,15,17). The summed E-state index contributed by atoms with van der Waals surface area (Å²) in [5.41, 5.74) is 0. The van der Waals surface area contributed by atoms with Crippen molar-refractivity contribution in [3.63, 3.8) is 0 Å². The van der Waals surface area contributed by atoms with Gasteiger partial charge in [0, 0.05) is 13.1 Å². The minimum absolute atomic E-state index is 0.115. The van der Waals surface area contributed by atoms with Gasteiger partial charge in [0.2, 0.25) is 10.1 Å². The van der Waals surface area contributed by atoms with E-state index in [-0.39, 0.29) is 5.91 Å². The molecule has 1 amide bonds. The zero-order valence-electron chi connectivity index (χ0n) is 12.3. The molecule has 5 nitrogen and oxygen atoms in total. The molecule has 1 rings (SSSR count). The molecule has 0 aliphatic carbocycles. The maximum absolute atomic E-state index is 11.8. The molecule has 0 saturated heterocycles. The molecule has 1 aromatic rings. The minimum Gasteiger partial charge on any atom is -0.360 e. The molecule has 7 heteroatoms. The van der Waals surface area contributed by atoms with Crippen LogP contribution >= 0.6 is 23.1 Å². The van der Waals surface area contributed by atoms with E-state index >= 15 is 0 Å². The molecule has 0 bridgehead atoms. The van der Waals surface area contributed by atoms with Gasteiger partial charge in [-0.25, -0.2) is 0 Å². The number of nitrogens with one attached hydrogen (secondary N) is 2. The third-order valence-corrected chi connectivity index (χ3v) is 4.28. The van der Waals surface area contributed by atoms with E-state index in [4.69, 9.17) is 0 Å². The van der Waals surface area contributed by atoms with Crippen molar-refractivity contribution >= 4 is 34.1 Å². The lowest BCUT2D eigenvalue weighted by Crippen LogP contribution is -2.24. The number of nitrogens with zero attached hydrogens (tertiary/aromatic N) is 2. The summed E-state index contributed by atoms with van der Waals surface area (Å²) in [5, 5.41) is 15.0. The van der Waals surface area contributed by atoms with Gasteiger partial charge >= 0.3 is 0 Å². The van der Waals surface area contributed by atoms with Crippen LogP contribution in [0.4, 0.5) is 5.13 Å². The highest BCUT2D eigenvalue weighted by Gasteiger charge is 2.11. The van der Waals surface area contributed by atoms with Gasteiger partial charge in [0.05, 0.1) is 0 Å². The van der Waals surface area contributed by atoms with Crippen LogP contribution in [-0.2, 0) is 0 Å². The highest BCUT2D eigenvalue weighted by Crippen LogP contribution is 2.14. The normalized spacial score (nSPS) is 10.5. The van der Waals surface area contributed by atoms with Crippen LogP contribution in [0.5, 0.6) is 0 Å². The summed E-state index contributed by atoms with van der Waals surface area (Å²) < 4.78 is 0. The maximum atomic E-state index is 11.8. The van der Waals surface area contributed by atoms with Gasteiger partial charge in [0.15, 0.2) is 0 Å². The minimum atomic E-state index is -0.115. The first kappa shape index (κ1) is 17.2. The summed E-state index contributed by atoms with van der Waals surface area (Å²) >= 11 is 3.19. The Morgan fingerprint density at radius 3 is 2.75 bits per heavy atom. The number of rotatable bonds is 11.